The Morgan fingerprint density at radius 1 is 1.19 bits per heavy atom. The number of carboxylic acid groups (broad SMARTS) is 1. The number of benzene rings is 2. The molecule has 2 rings (SSSR count). The summed E-state index contributed by atoms with van der Waals surface area (Å²) in [6, 6.07) is 9.53. The van der Waals surface area contributed by atoms with Gasteiger partial charge in [-0.2, -0.15) is 0 Å². The monoisotopic (exact) mass is 414 g/mol. The van der Waals surface area contributed by atoms with Crippen molar-refractivity contribution in [2.45, 2.75) is 0 Å². The van der Waals surface area contributed by atoms with Crippen LogP contribution in [-0.4, -0.2) is 11.1 Å². The van der Waals surface area contributed by atoms with Crippen LogP contribution in [0.15, 0.2) is 51.4 Å². The number of halogens is 3. The Morgan fingerprint density at radius 3 is 2.62 bits per heavy atom. The van der Waals surface area contributed by atoms with Gasteiger partial charge in [-0.15, -0.1) is 0 Å². The summed E-state index contributed by atoms with van der Waals surface area (Å²) in [7, 11) is 0. The lowest BCUT2D eigenvalue weighted by Gasteiger charge is -2.10. The van der Waals surface area contributed by atoms with Gasteiger partial charge in [0.15, 0.2) is 0 Å². The van der Waals surface area contributed by atoms with Crippen LogP contribution in [0.1, 0.15) is 5.56 Å². The van der Waals surface area contributed by atoms with Crippen molar-refractivity contribution in [1.29, 1.82) is 0 Å². The van der Waals surface area contributed by atoms with E-state index in [1.165, 1.54) is 18.2 Å². The van der Waals surface area contributed by atoms with Gasteiger partial charge in [-0.25, -0.2) is 9.18 Å². The molecule has 0 amide bonds. The average molecular weight is 416 g/mol. The number of aliphatic carboxylic acids is 1. The third kappa shape index (κ3) is 4.41. The molecule has 0 spiro atoms. The predicted octanol–water partition coefficient (Wildman–Crippen LogP) is 5.24. The molecule has 108 valence electrons. The zero-order valence-corrected chi connectivity index (χ0v) is 13.7. The average Bonchev–Trinajstić information content (AvgIpc) is 2.43. The molecular formula is C15H9Br2FO3. The molecule has 0 atom stereocenters. The van der Waals surface area contributed by atoms with E-state index in [0.29, 0.717) is 21.5 Å². The molecule has 0 aliphatic carbocycles. The molecule has 2 aromatic carbocycles. The van der Waals surface area contributed by atoms with Gasteiger partial charge in [0.2, 0.25) is 0 Å². The first kappa shape index (κ1) is 15.7. The lowest BCUT2D eigenvalue weighted by atomic mass is 10.2. The number of ether oxygens (including phenoxy) is 1. The second-order valence-electron chi connectivity index (χ2n) is 4.03. The van der Waals surface area contributed by atoms with Crippen LogP contribution in [0.25, 0.3) is 6.08 Å². The molecule has 0 aliphatic heterocycles. The molecule has 0 radical (unpaired) electrons. The number of rotatable bonds is 4. The van der Waals surface area contributed by atoms with Crippen LogP contribution < -0.4 is 4.74 Å². The molecule has 0 saturated carbocycles. The van der Waals surface area contributed by atoms with Crippen LogP contribution in [-0.2, 0) is 4.79 Å². The van der Waals surface area contributed by atoms with E-state index in [-0.39, 0.29) is 0 Å². The Morgan fingerprint density at radius 2 is 1.95 bits per heavy atom. The summed E-state index contributed by atoms with van der Waals surface area (Å²) < 4.78 is 20.2. The molecule has 2 aromatic rings. The van der Waals surface area contributed by atoms with E-state index in [1.807, 2.05) is 0 Å². The fourth-order valence-corrected chi connectivity index (χ4v) is 2.20. The lowest BCUT2D eigenvalue weighted by molar-refractivity contribution is -0.131. The van der Waals surface area contributed by atoms with Crippen molar-refractivity contribution in [2.24, 2.45) is 0 Å². The molecule has 0 saturated heterocycles. The normalized spacial score (nSPS) is 10.8. The quantitative estimate of drug-likeness (QED) is 0.694. The van der Waals surface area contributed by atoms with Gasteiger partial charge in [0.25, 0.3) is 0 Å². The molecule has 0 bridgehead atoms. The molecule has 0 aromatic heterocycles. The summed E-state index contributed by atoms with van der Waals surface area (Å²) in [4.78, 5) is 10.6. The van der Waals surface area contributed by atoms with Crippen molar-refractivity contribution >= 4 is 43.9 Å². The largest absolute Gasteiger partial charge is 0.478 e. The van der Waals surface area contributed by atoms with Gasteiger partial charge in [-0.05, 0) is 52.3 Å². The molecule has 0 aliphatic rings. The predicted molar refractivity (Wildman–Crippen MR) is 85.0 cm³/mol. The van der Waals surface area contributed by atoms with Crippen molar-refractivity contribution < 1.29 is 19.0 Å². The first-order chi connectivity index (χ1) is 9.95. The van der Waals surface area contributed by atoms with Crippen molar-refractivity contribution in [3.63, 3.8) is 0 Å². The molecular weight excluding hydrogens is 407 g/mol. The summed E-state index contributed by atoms with van der Waals surface area (Å²) in [5.41, 5.74) is 0.565. The highest BCUT2D eigenvalue weighted by atomic mass is 79.9. The summed E-state index contributed by atoms with van der Waals surface area (Å²) >= 11 is 6.37. The van der Waals surface area contributed by atoms with E-state index in [9.17, 15) is 9.18 Å². The summed E-state index contributed by atoms with van der Waals surface area (Å²) in [6.07, 6.45) is 2.43. The Balaban J connectivity index is 2.34. The highest BCUT2D eigenvalue weighted by Crippen LogP contribution is 2.30. The van der Waals surface area contributed by atoms with Crippen molar-refractivity contribution in [1.82, 2.24) is 0 Å². The molecule has 1 N–H and O–H groups in total. The molecule has 6 heteroatoms. The maximum absolute atomic E-state index is 13.5. The fourth-order valence-electron chi connectivity index (χ4n) is 1.57. The minimum atomic E-state index is -1.06. The van der Waals surface area contributed by atoms with Crippen molar-refractivity contribution in [3.05, 3.63) is 62.8 Å². The Kier molecular flexibility index (Phi) is 5.14. The Bertz CT molecular complexity index is 714. The summed E-state index contributed by atoms with van der Waals surface area (Å²) in [5, 5.41) is 8.70. The zero-order chi connectivity index (χ0) is 15.4. The van der Waals surface area contributed by atoms with Crippen LogP contribution in [0.5, 0.6) is 11.5 Å². The van der Waals surface area contributed by atoms with Crippen LogP contribution in [0.3, 0.4) is 0 Å². The Labute approximate surface area is 137 Å². The van der Waals surface area contributed by atoms with E-state index in [1.54, 1.807) is 24.3 Å². The topological polar surface area (TPSA) is 46.5 Å². The van der Waals surface area contributed by atoms with Gasteiger partial charge < -0.3 is 9.84 Å². The first-order valence-corrected chi connectivity index (χ1v) is 7.38. The standard InChI is InChI=1S/C15H9Br2FO3/c16-10-2-5-14(9(7-10)1-6-15(19)20)21-11-3-4-12(17)13(18)8-11/h1-8H,(H,19,20)/b6-1+. The number of carboxylic acids is 1. The summed E-state index contributed by atoms with van der Waals surface area (Å²) in [6.45, 7) is 0. The molecule has 0 heterocycles. The van der Waals surface area contributed by atoms with E-state index < -0.39 is 11.8 Å². The second kappa shape index (κ2) is 6.87. The van der Waals surface area contributed by atoms with Gasteiger partial charge in [0, 0.05) is 22.2 Å². The van der Waals surface area contributed by atoms with Crippen molar-refractivity contribution in [3.8, 4) is 11.5 Å². The number of hydrogen-bond donors (Lipinski definition) is 1. The molecule has 0 unspecified atom stereocenters. The highest BCUT2D eigenvalue weighted by Gasteiger charge is 2.07. The van der Waals surface area contributed by atoms with Gasteiger partial charge in [0.05, 0.1) is 4.47 Å². The second-order valence-corrected chi connectivity index (χ2v) is 5.80. The van der Waals surface area contributed by atoms with Crippen LogP contribution in [0, 0.1) is 5.82 Å². The van der Waals surface area contributed by atoms with E-state index in [0.717, 1.165) is 10.5 Å². The lowest BCUT2D eigenvalue weighted by Crippen LogP contribution is -1.91. The zero-order valence-electron chi connectivity index (χ0n) is 10.5. The fraction of sp³-hybridized carbons (Fsp3) is 0. The van der Waals surface area contributed by atoms with Crippen LogP contribution in [0.4, 0.5) is 4.39 Å². The molecule has 3 nitrogen and oxygen atoms in total. The molecule has 0 fully saturated rings. The van der Waals surface area contributed by atoms with Crippen molar-refractivity contribution in [2.75, 3.05) is 0 Å². The van der Waals surface area contributed by atoms with E-state index >= 15 is 0 Å². The minimum Gasteiger partial charge on any atom is -0.478 e. The van der Waals surface area contributed by atoms with E-state index in [2.05, 4.69) is 31.9 Å². The Hall–Kier alpha value is -1.66. The first-order valence-electron chi connectivity index (χ1n) is 5.79. The minimum absolute atomic E-state index is 0.322. The number of carbonyl (C=O) groups is 1. The maximum atomic E-state index is 13.5. The van der Waals surface area contributed by atoms with Crippen LogP contribution in [0.2, 0.25) is 0 Å². The number of hydrogen-bond acceptors (Lipinski definition) is 2. The smallest absolute Gasteiger partial charge is 0.328 e. The molecule has 21 heavy (non-hydrogen) atoms. The third-order valence-corrected chi connectivity index (χ3v) is 3.63. The highest BCUT2D eigenvalue weighted by molar-refractivity contribution is 9.10. The van der Waals surface area contributed by atoms with Gasteiger partial charge in [-0.1, -0.05) is 15.9 Å². The van der Waals surface area contributed by atoms with Gasteiger partial charge in [-0.3, -0.25) is 0 Å². The summed E-state index contributed by atoms with van der Waals surface area (Å²) in [5.74, 6) is -0.747. The SMILES string of the molecule is O=C(O)/C=C/c1cc(Br)ccc1Oc1ccc(Br)c(F)c1. The van der Waals surface area contributed by atoms with Gasteiger partial charge in [0.1, 0.15) is 17.3 Å². The maximum Gasteiger partial charge on any atom is 0.328 e. The third-order valence-electron chi connectivity index (χ3n) is 2.50. The van der Waals surface area contributed by atoms with Gasteiger partial charge >= 0.3 is 5.97 Å². The van der Waals surface area contributed by atoms with Crippen LogP contribution >= 0.6 is 31.9 Å². The van der Waals surface area contributed by atoms with E-state index in [4.69, 9.17) is 9.84 Å².